The molecule has 1 aliphatic carbocycles. The van der Waals surface area contributed by atoms with Gasteiger partial charge in [-0.05, 0) is 48.8 Å². The maximum absolute atomic E-state index is 8.68. The minimum atomic E-state index is 0.815. The molecule has 0 N–H and O–H groups in total. The van der Waals surface area contributed by atoms with Gasteiger partial charge in [0.1, 0.15) is 0 Å². The first-order valence-electron chi connectivity index (χ1n) is 6.01. The van der Waals surface area contributed by atoms with E-state index in [1.165, 1.54) is 42.4 Å². The van der Waals surface area contributed by atoms with E-state index < -0.39 is 0 Å². The standard InChI is InChI=1S/C14H18N2/c1-16(11-15)9-8-12-6-7-13-4-2-3-5-14(13)10-12/h6-7,10H,2-5,8-9H2,1H3. The Morgan fingerprint density at radius 3 is 2.75 bits per heavy atom. The Morgan fingerprint density at radius 2 is 2.00 bits per heavy atom. The molecule has 1 aliphatic rings. The van der Waals surface area contributed by atoms with Crippen molar-refractivity contribution in [3.8, 4) is 6.19 Å². The third kappa shape index (κ3) is 2.55. The molecule has 0 bridgehead atoms. The van der Waals surface area contributed by atoms with Crippen LogP contribution in [0, 0.1) is 11.5 Å². The van der Waals surface area contributed by atoms with Crippen molar-refractivity contribution < 1.29 is 0 Å². The molecule has 0 radical (unpaired) electrons. The highest BCUT2D eigenvalue weighted by atomic mass is 15.1. The van der Waals surface area contributed by atoms with Gasteiger partial charge in [0.25, 0.3) is 0 Å². The van der Waals surface area contributed by atoms with E-state index in [9.17, 15) is 0 Å². The number of aryl methyl sites for hydroxylation is 2. The SMILES string of the molecule is CN(C#N)CCc1ccc2c(c1)CCCC2. The topological polar surface area (TPSA) is 27.0 Å². The summed E-state index contributed by atoms with van der Waals surface area (Å²) in [5, 5.41) is 8.68. The Hall–Kier alpha value is -1.49. The molecule has 0 unspecified atom stereocenters. The largest absolute Gasteiger partial charge is 0.313 e. The minimum Gasteiger partial charge on any atom is -0.313 e. The number of hydrogen-bond acceptors (Lipinski definition) is 2. The molecule has 0 aliphatic heterocycles. The van der Waals surface area contributed by atoms with Crippen molar-refractivity contribution in [3.05, 3.63) is 34.9 Å². The summed E-state index contributed by atoms with van der Waals surface area (Å²) >= 11 is 0. The van der Waals surface area contributed by atoms with Gasteiger partial charge >= 0.3 is 0 Å². The molecule has 0 atom stereocenters. The lowest BCUT2D eigenvalue weighted by molar-refractivity contribution is 0.478. The van der Waals surface area contributed by atoms with Crippen molar-refractivity contribution in [1.82, 2.24) is 4.90 Å². The van der Waals surface area contributed by atoms with Crippen LogP contribution < -0.4 is 0 Å². The van der Waals surface area contributed by atoms with Crippen LogP contribution in [0.2, 0.25) is 0 Å². The first kappa shape index (κ1) is 11.0. The molecule has 0 fully saturated rings. The van der Waals surface area contributed by atoms with Gasteiger partial charge in [0.2, 0.25) is 0 Å². The first-order chi connectivity index (χ1) is 7.79. The molecule has 16 heavy (non-hydrogen) atoms. The molecule has 2 heteroatoms. The Kier molecular flexibility index (Phi) is 3.46. The molecular formula is C14H18N2. The highest BCUT2D eigenvalue weighted by molar-refractivity contribution is 5.33. The van der Waals surface area contributed by atoms with Crippen molar-refractivity contribution in [2.45, 2.75) is 32.1 Å². The van der Waals surface area contributed by atoms with Crippen LogP contribution >= 0.6 is 0 Å². The summed E-state index contributed by atoms with van der Waals surface area (Å²) in [6, 6.07) is 6.82. The number of nitriles is 1. The van der Waals surface area contributed by atoms with Crippen LogP contribution in [0.1, 0.15) is 29.5 Å². The van der Waals surface area contributed by atoms with E-state index in [1.54, 1.807) is 4.90 Å². The van der Waals surface area contributed by atoms with Crippen molar-refractivity contribution in [2.75, 3.05) is 13.6 Å². The Labute approximate surface area is 97.5 Å². The summed E-state index contributed by atoms with van der Waals surface area (Å²) in [5.41, 5.74) is 4.43. The van der Waals surface area contributed by atoms with Crippen LogP contribution in [0.5, 0.6) is 0 Å². The summed E-state index contributed by atoms with van der Waals surface area (Å²) < 4.78 is 0. The summed E-state index contributed by atoms with van der Waals surface area (Å²) in [4.78, 5) is 1.68. The van der Waals surface area contributed by atoms with Crippen LogP contribution in [0.15, 0.2) is 18.2 Å². The molecule has 0 heterocycles. The van der Waals surface area contributed by atoms with Gasteiger partial charge in [0, 0.05) is 13.6 Å². The monoisotopic (exact) mass is 214 g/mol. The lowest BCUT2D eigenvalue weighted by Gasteiger charge is -2.17. The second-order valence-corrected chi connectivity index (χ2v) is 4.58. The zero-order chi connectivity index (χ0) is 11.4. The predicted molar refractivity (Wildman–Crippen MR) is 65.0 cm³/mol. The minimum absolute atomic E-state index is 0.815. The van der Waals surface area contributed by atoms with E-state index in [-0.39, 0.29) is 0 Å². The fraction of sp³-hybridized carbons (Fsp3) is 0.500. The Bertz CT molecular complexity index is 404. The van der Waals surface area contributed by atoms with Crippen molar-refractivity contribution in [3.63, 3.8) is 0 Å². The van der Waals surface area contributed by atoms with Gasteiger partial charge in [-0.25, -0.2) is 0 Å². The predicted octanol–water partition coefficient (Wildman–Crippen LogP) is 2.52. The average Bonchev–Trinajstić information content (AvgIpc) is 2.35. The van der Waals surface area contributed by atoms with Crippen LogP contribution in [0.4, 0.5) is 0 Å². The van der Waals surface area contributed by atoms with E-state index in [1.807, 2.05) is 7.05 Å². The van der Waals surface area contributed by atoms with Crippen molar-refractivity contribution in [2.24, 2.45) is 0 Å². The maximum atomic E-state index is 8.68. The second kappa shape index (κ2) is 5.03. The molecule has 0 spiro atoms. The average molecular weight is 214 g/mol. The molecule has 1 aromatic carbocycles. The third-order valence-corrected chi connectivity index (χ3v) is 3.32. The number of fused-ring (bicyclic) bond motifs is 1. The molecule has 0 saturated carbocycles. The van der Waals surface area contributed by atoms with E-state index >= 15 is 0 Å². The van der Waals surface area contributed by atoms with Gasteiger partial charge in [-0.2, -0.15) is 5.26 Å². The van der Waals surface area contributed by atoms with Gasteiger partial charge in [-0.3, -0.25) is 0 Å². The highest BCUT2D eigenvalue weighted by Crippen LogP contribution is 2.22. The number of hydrogen-bond donors (Lipinski definition) is 0. The number of likely N-dealkylation sites (N-methyl/N-ethyl adjacent to an activating group) is 1. The quantitative estimate of drug-likeness (QED) is 0.571. The molecule has 2 nitrogen and oxygen atoms in total. The number of rotatable bonds is 3. The summed E-state index contributed by atoms with van der Waals surface area (Å²) in [5.74, 6) is 0. The van der Waals surface area contributed by atoms with Gasteiger partial charge in [-0.15, -0.1) is 0 Å². The van der Waals surface area contributed by atoms with Crippen molar-refractivity contribution in [1.29, 1.82) is 5.26 Å². The van der Waals surface area contributed by atoms with E-state index in [2.05, 4.69) is 24.4 Å². The van der Waals surface area contributed by atoms with Crippen LogP contribution in [0.25, 0.3) is 0 Å². The Morgan fingerprint density at radius 1 is 1.25 bits per heavy atom. The molecular weight excluding hydrogens is 196 g/mol. The van der Waals surface area contributed by atoms with Gasteiger partial charge in [0.05, 0.1) is 0 Å². The van der Waals surface area contributed by atoms with Crippen molar-refractivity contribution >= 4 is 0 Å². The Balaban J connectivity index is 2.03. The fourth-order valence-corrected chi connectivity index (χ4v) is 2.29. The van der Waals surface area contributed by atoms with E-state index in [0.717, 1.165) is 13.0 Å². The molecule has 0 amide bonds. The molecule has 2 rings (SSSR count). The lowest BCUT2D eigenvalue weighted by atomic mass is 9.90. The normalized spacial score (nSPS) is 14.0. The third-order valence-electron chi connectivity index (χ3n) is 3.32. The molecule has 84 valence electrons. The number of benzene rings is 1. The molecule has 0 saturated heterocycles. The fourth-order valence-electron chi connectivity index (χ4n) is 2.29. The zero-order valence-corrected chi connectivity index (χ0v) is 9.87. The van der Waals surface area contributed by atoms with E-state index in [0.29, 0.717) is 0 Å². The van der Waals surface area contributed by atoms with Gasteiger partial charge in [0.15, 0.2) is 6.19 Å². The molecule has 1 aromatic rings. The van der Waals surface area contributed by atoms with Gasteiger partial charge < -0.3 is 4.90 Å². The first-order valence-corrected chi connectivity index (χ1v) is 6.01. The lowest BCUT2D eigenvalue weighted by Crippen LogP contribution is -2.15. The van der Waals surface area contributed by atoms with E-state index in [4.69, 9.17) is 5.26 Å². The summed E-state index contributed by atoms with van der Waals surface area (Å²) in [6.07, 6.45) is 8.24. The van der Waals surface area contributed by atoms with Gasteiger partial charge in [-0.1, -0.05) is 18.2 Å². The highest BCUT2D eigenvalue weighted by Gasteiger charge is 2.09. The van der Waals surface area contributed by atoms with Crippen LogP contribution in [-0.2, 0) is 19.3 Å². The summed E-state index contributed by atoms with van der Waals surface area (Å²) in [6.45, 7) is 0.815. The second-order valence-electron chi connectivity index (χ2n) is 4.58. The number of nitrogens with zero attached hydrogens (tertiary/aromatic N) is 2. The van der Waals surface area contributed by atoms with Crippen LogP contribution in [-0.4, -0.2) is 18.5 Å². The summed E-state index contributed by atoms with van der Waals surface area (Å²) in [7, 11) is 1.83. The molecule has 0 aromatic heterocycles. The smallest absolute Gasteiger partial charge is 0.179 e. The zero-order valence-electron chi connectivity index (χ0n) is 9.87. The maximum Gasteiger partial charge on any atom is 0.179 e. The van der Waals surface area contributed by atoms with Crippen LogP contribution in [0.3, 0.4) is 0 Å².